The van der Waals surface area contributed by atoms with E-state index in [1.165, 1.54) is 12.1 Å². The number of benzene rings is 1. The first-order valence-electron chi connectivity index (χ1n) is 8.54. The minimum absolute atomic E-state index is 0.211. The fraction of sp³-hybridized carbons (Fsp3) is 0.611. The molecule has 1 aliphatic heterocycles. The molecule has 1 fully saturated rings. The first kappa shape index (κ1) is 17.7. The third-order valence-electron chi connectivity index (χ3n) is 4.55. The summed E-state index contributed by atoms with van der Waals surface area (Å²) in [6.45, 7) is 8.21. The predicted octanol–water partition coefficient (Wildman–Crippen LogP) is 2.93. The van der Waals surface area contributed by atoms with Crippen LogP contribution in [0.3, 0.4) is 0 Å². The van der Waals surface area contributed by atoms with E-state index in [0.717, 1.165) is 32.5 Å². The second-order valence-electron chi connectivity index (χ2n) is 5.89. The molecular weight excluding hydrogens is 295 g/mol. The van der Waals surface area contributed by atoms with Gasteiger partial charge in [-0.2, -0.15) is 0 Å². The van der Waals surface area contributed by atoms with Crippen molar-refractivity contribution in [2.75, 3.05) is 32.8 Å². The monoisotopic (exact) mass is 322 g/mol. The lowest BCUT2D eigenvalue weighted by atomic mass is 10.1. The SMILES string of the molecule is CCN(CC)C1CCC(=O)N(CCOc2ccc(F)cc2)CC1. The largest absolute Gasteiger partial charge is 0.492 e. The molecule has 4 nitrogen and oxygen atoms in total. The molecule has 1 aromatic rings. The quantitative estimate of drug-likeness (QED) is 0.774. The number of hydrogen-bond donors (Lipinski definition) is 0. The minimum Gasteiger partial charge on any atom is -0.492 e. The molecule has 0 N–H and O–H groups in total. The van der Waals surface area contributed by atoms with Gasteiger partial charge in [-0.25, -0.2) is 4.39 Å². The van der Waals surface area contributed by atoms with Crippen LogP contribution >= 0.6 is 0 Å². The second-order valence-corrected chi connectivity index (χ2v) is 5.89. The van der Waals surface area contributed by atoms with Crippen LogP contribution in [0.1, 0.15) is 33.1 Å². The van der Waals surface area contributed by atoms with Crippen LogP contribution in [-0.4, -0.2) is 54.5 Å². The lowest BCUT2D eigenvalue weighted by Gasteiger charge is -2.28. The molecule has 0 bridgehead atoms. The molecule has 1 saturated heterocycles. The molecule has 1 unspecified atom stereocenters. The van der Waals surface area contributed by atoms with E-state index in [-0.39, 0.29) is 11.7 Å². The van der Waals surface area contributed by atoms with Crippen LogP contribution in [0.4, 0.5) is 4.39 Å². The zero-order valence-electron chi connectivity index (χ0n) is 14.1. The van der Waals surface area contributed by atoms with E-state index in [0.29, 0.717) is 31.4 Å². The van der Waals surface area contributed by atoms with Gasteiger partial charge in [0, 0.05) is 19.0 Å². The number of amides is 1. The van der Waals surface area contributed by atoms with Crippen molar-refractivity contribution in [3.8, 4) is 5.75 Å². The number of ether oxygens (including phenoxy) is 1. The average molecular weight is 322 g/mol. The maximum absolute atomic E-state index is 12.8. The van der Waals surface area contributed by atoms with E-state index in [2.05, 4.69) is 18.7 Å². The highest BCUT2D eigenvalue weighted by Gasteiger charge is 2.24. The maximum Gasteiger partial charge on any atom is 0.222 e. The van der Waals surface area contributed by atoms with Gasteiger partial charge in [0.1, 0.15) is 18.2 Å². The van der Waals surface area contributed by atoms with Crippen LogP contribution in [0.15, 0.2) is 24.3 Å². The summed E-state index contributed by atoms with van der Waals surface area (Å²) in [5.41, 5.74) is 0. The Morgan fingerprint density at radius 1 is 1.22 bits per heavy atom. The van der Waals surface area contributed by atoms with Gasteiger partial charge in [0.15, 0.2) is 0 Å². The highest BCUT2D eigenvalue weighted by molar-refractivity contribution is 5.76. The first-order chi connectivity index (χ1) is 11.1. The molecule has 0 radical (unpaired) electrons. The molecule has 1 aliphatic rings. The molecular formula is C18H27FN2O2. The number of rotatable bonds is 7. The van der Waals surface area contributed by atoms with E-state index in [1.54, 1.807) is 12.1 Å². The number of likely N-dealkylation sites (tertiary alicyclic amines) is 1. The Bertz CT molecular complexity index is 488. The van der Waals surface area contributed by atoms with Crippen LogP contribution < -0.4 is 4.74 Å². The first-order valence-corrected chi connectivity index (χ1v) is 8.54. The van der Waals surface area contributed by atoms with E-state index in [4.69, 9.17) is 4.74 Å². The van der Waals surface area contributed by atoms with Gasteiger partial charge in [0.25, 0.3) is 0 Å². The van der Waals surface area contributed by atoms with Crippen LogP contribution in [0.25, 0.3) is 0 Å². The Labute approximate surface area is 138 Å². The van der Waals surface area contributed by atoms with Crippen LogP contribution in [0.5, 0.6) is 5.75 Å². The molecule has 2 rings (SSSR count). The molecule has 0 spiro atoms. The predicted molar refractivity (Wildman–Crippen MR) is 89.0 cm³/mol. The Balaban J connectivity index is 1.80. The number of halogens is 1. The Hall–Kier alpha value is -1.62. The number of carbonyl (C=O) groups is 1. The molecule has 5 heteroatoms. The van der Waals surface area contributed by atoms with E-state index < -0.39 is 0 Å². The fourth-order valence-electron chi connectivity index (χ4n) is 3.17. The van der Waals surface area contributed by atoms with Crippen molar-refractivity contribution in [1.29, 1.82) is 0 Å². The van der Waals surface area contributed by atoms with Crippen molar-refractivity contribution in [3.05, 3.63) is 30.1 Å². The van der Waals surface area contributed by atoms with Crippen molar-refractivity contribution in [2.45, 2.75) is 39.2 Å². The summed E-state index contributed by atoms with van der Waals surface area (Å²) in [6, 6.07) is 6.46. The third kappa shape index (κ3) is 5.20. The van der Waals surface area contributed by atoms with Crippen LogP contribution in [0, 0.1) is 5.82 Å². The Morgan fingerprint density at radius 2 is 1.91 bits per heavy atom. The summed E-state index contributed by atoms with van der Waals surface area (Å²) < 4.78 is 18.4. The highest BCUT2D eigenvalue weighted by atomic mass is 19.1. The van der Waals surface area contributed by atoms with Gasteiger partial charge in [-0.05, 0) is 50.2 Å². The molecule has 1 atom stereocenters. The summed E-state index contributed by atoms with van der Waals surface area (Å²) in [4.78, 5) is 16.6. The second kappa shape index (κ2) is 8.87. The van der Waals surface area contributed by atoms with Crippen molar-refractivity contribution >= 4 is 5.91 Å². The van der Waals surface area contributed by atoms with Gasteiger partial charge >= 0.3 is 0 Å². The van der Waals surface area contributed by atoms with E-state index in [1.807, 2.05) is 4.90 Å². The number of nitrogens with zero attached hydrogens (tertiary/aromatic N) is 2. The Morgan fingerprint density at radius 3 is 2.57 bits per heavy atom. The molecule has 128 valence electrons. The summed E-state index contributed by atoms with van der Waals surface area (Å²) in [5.74, 6) is 0.569. The normalized spacial score (nSPS) is 19.0. The van der Waals surface area contributed by atoms with Gasteiger partial charge in [-0.3, -0.25) is 4.79 Å². The van der Waals surface area contributed by atoms with Gasteiger partial charge in [-0.1, -0.05) is 13.8 Å². The van der Waals surface area contributed by atoms with Crippen molar-refractivity contribution in [2.24, 2.45) is 0 Å². The number of hydrogen-bond acceptors (Lipinski definition) is 3. The zero-order chi connectivity index (χ0) is 16.7. The van der Waals surface area contributed by atoms with Gasteiger partial charge < -0.3 is 14.5 Å². The minimum atomic E-state index is -0.275. The van der Waals surface area contributed by atoms with Crippen LogP contribution in [-0.2, 0) is 4.79 Å². The van der Waals surface area contributed by atoms with Crippen molar-refractivity contribution in [3.63, 3.8) is 0 Å². The van der Waals surface area contributed by atoms with Gasteiger partial charge in [0.05, 0.1) is 6.54 Å². The summed E-state index contributed by atoms with van der Waals surface area (Å²) in [5, 5.41) is 0. The summed E-state index contributed by atoms with van der Waals surface area (Å²) in [7, 11) is 0. The third-order valence-corrected chi connectivity index (χ3v) is 4.55. The standard InChI is InChI=1S/C18H27FN2O2/c1-3-20(4-2)16-7-10-18(22)21(12-11-16)13-14-23-17-8-5-15(19)6-9-17/h5-6,8-9,16H,3-4,7,10-14H2,1-2H3. The fourth-order valence-corrected chi connectivity index (χ4v) is 3.17. The molecule has 0 saturated carbocycles. The Kier molecular flexibility index (Phi) is 6.84. The van der Waals surface area contributed by atoms with Crippen LogP contribution in [0.2, 0.25) is 0 Å². The van der Waals surface area contributed by atoms with Crippen molar-refractivity contribution in [1.82, 2.24) is 9.80 Å². The lowest BCUT2D eigenvalue weighted by Crippen LogP contribution is -2.37. The summed E-state index contributed by atoms with van der Waals surface area (Å²) >= 11 is 0. The van der Waals surface area contributed by atoms with Gasteiger partial charge in [-0.15, -0.1) is 0 Å². The van der Waals surface area contributed by atoms with E-state index in [9.17, 15) is 9.18 Å². The molecule has 0 aromatic heterocycles. The maximum atomic E-state index is 12.8. The molecule has 23 heavy (non-hydrogen) atoms. The average Bonchev–Trinajstić information content (AvgIpc) is 2.74. The molecule has 0 aliphatic carbocycles. The molecule has 1 amide bonds. The van der Waals surface area contributed by atoms with E-state index >= 15 is 0 Å². The smallest absolute Gasteiger partial charge is 0.222 e. The highest BCUT2D eigenvalue weighted by Crippen LogP contribution is 2.18. The molecule has 1 aromatic carbocycles. The lowest BCUT2D eigenvalue weighted by molar-refractivity contribution is -0.131. The van der Waals surface area contributed by atoms with Crippen molar-refractivity contribution < 1.29 is 13.9 Å². The summed E-state index contributed by atoms with van der Waals surface area (Å²) in [6.07, 6.45) is 2.57. The topological polar surface area (TPSA) is 32.8 Å². The number of carbonyl (C=O) groups excluding carboxylic acids is 1. The molecule has 1 heterocycles. The van der Waals surface area contributed by atoms with Gasteiger partial charge in [0.2, 0.25) is 5.91 Å². The zero-order valence-corrected chi connectivity index (χ0v) is 14.1.